The average molecular weight is 240 g/mol. The summed E-state index contributed by atoms with van der Waals surface area (Å²) >= 11 is 0. The van der Waals surface area contributed by atoms with Crippen LogP contribution in [0, 0.1) is 5.92 Å². The van der Waals surface area contributed by atoms with Crippen LogP contribution in [0.4, 0.5) is 0 Å². The Morgan fingerprint density at radius 1 is 1.18 bits per heavy atom. The largest absolute Gasteiger partial charge is 0.303 e. The van der Waals surface area contributed by atoms with Crippen molar-refractivity contribution < 1.29 is 0 Å². The highest BCUT2D eigenvalue weighted by atomic mass is 15.2. The number of likely N-dealkylation sites (tertiary alicyclic amines) is 1. The smallest absolute Gasteiger partial charge is 0.0117 e. The number of hydrogen-bond acceptors (Lipinski definition) is 2. The normalized spacial score (nSPS) is 19.4. The Bertz CT molecular complexity index is 183. The van der Waals surface area contributed by atoms with Gasteiger partial charge in [-0.25, -0.2) is 0 Å². The van der Waals surface area contributed by atoms with Crippen molar-refractivity contribution in [1.29, 1.82) is 0 Å². The molecule has 0 bridgehead atoms. The highest BCUT2D eigenvalue weighted by Gasteiger charge is 2.22. The fraction of sp³-hybridized carbons (Fsp3) is 1.00. The lowest BCUT2D eigenvalue weighted by Gasteiger charge is -2.37. The third-order valence-corrected chi connectivity index (χ3v) is 3.91. The second kappa shape index (κ2) is 8.10. The molecule has 17 heavy (non-hydrogen) atoms. The van der Waals surface area contributed by atoms with E-state index < -0.39 is 0 Å². The molecule has 0 amide bonds. The van der Waals surface area contributed by atoms with E-state index in [9.17, 15) is 0 Å². The van der Waals surface area contributed by atoms with Gasteiger partial charge in [0.1, 0.15) is 0 Å². The standard InChI is InChI=1S/C15H32N2/c1-5-6-7-10-17-11-8-15(9-12-17)16(4)13-14(2)3/h14-15H,5-13H2,1-4H3. The van der Waals surface area contributed by atoms with Crippen molar-refractivity contribution in [1.82, 2.24) is 9.80 Å². The maximum atomic E-state index is 2.66. The third kappa shape index (κ3) is 5.87. The predicted octanol–water partition coefficient (Wildman–Crippen LogP) is 3.23. The summed E-state index contributed by atoms with van der Waals surface area (Å²) < 4.78 is 0. The molecule has 2 nitrogen and oxygen atoms in total. The molecule has 0 aromatic carbocycles. The molecule has 2 heteroatoms. The zero-order valence-corrected chi connectivity index (χ0v) is 12.4. The minimum absolute atomic E-state index is 0.794. The summed E-state index contributed by atoms with van der Waals surface area (Å²) in [5.41, 5.74) is 0. The van der Waals surface area contributed by atoms with Crippen LogP contribution in [0.25, 0.3) is 0 Å². The SMILES string of the molecule is CCCCCN1CCC(N(C)CC(C)C)CC1. The molecule has 1 saturated heterocycles. The molecular weight excluding hydrogens is 208 g/mol. The molecule has 1 aliphatic rings. The third-order valence-electron chi connectivity index (χ3n) is 3.91. The van der Waals surface area contributed by atoms with Gasteiger partial charge in [-0.2, -0.15) is 0 Å². The lowest BCUT2D eigenvalue weighted by Crippen LogP contribution is -2.44. The van der Waals surface area contributed by atoms with Crippen LogP contribution in [0.2, 0.25) is 0 Å². The van der Waals surface area contributed by atoms with E-state index in [2.05, 4.69) is 37.6 Å². The zero-order chi connectivity index (χ0) is 12.7. The van der Waals surface area contributed by atoms with Crippen molar-refractivity contribution in [3.63, 3.8) is 0 Å². The first-order valence-corrected chi connectivity index (χ1v) is 7.56. The molecule has 0 aromatic rings. The zero-order valence-electron chi connectivity index (χ0n) is 12.4. The first-order chi connectivity index (χ1) is 8.13. The Kier molecular flexibility index (Phi) is 7.14. The first-order valence-electron chi connectivity index (χ1n) is 7.56. The minimum Gasteiger partial charge on any atom is -0.303 e. The van der Waals surface area contributed by atoms with Gasteiger partial charge < -0.3 is 9.80 Å². The molecule has 0 saturated carbocycles. The van der Waals surface area contributed by atoms with Gasteiger partial charge >= 0.3 is 0 Å². The molecule has 0 aliphatic carbocycles. The van der Waals surface area contributed by atoms with Crippen LogP contribution in [-0.2, 0) is 0 Å². The van der Waals surface area contributed by atoms with Crippen LogP contribution in [0.5, 0.6) is 0 Å². The van der Waals surface area contributed by atoms with Crippen LogP contribution < -0.4 is 0 Å². The van der Waals surface area contributed by atoms with Gasteiger partial charge in [0, 0.05) is 12.6 Å². The van der Waals surface area contributed by atoms with E-state index in [-0.39, 0.29) is 0 Å². The molecular formula is C15H32N2. The van der Waals surface area contributed by atoms with Gasteiger partial charge in [-0.15, -0.1) is 0 Å². The number of unbranched alkanes of at least 4 members (excludes halogenated alkanes) is 2. The second-order valence-electron chi connectivity index (χ2n) is 6.11. The Morgan fingerprint density at radius 3 is 2.35 bits per heavy atom. The van der Waals surface area contributed by atoms with Crippen LogP contribution in [0.3, 0.4) is 0 Å². The quantitative estimate of drug-likeness (QED) is 0.630. The molecule has 0 radical (unpaired) electrons. The summed E-state index contributed by atoms with van der Waals surface area (Å²) in [5, 5.41) is 0. The van der Waals surface area contributed by atoms with Gasteiger partial charge in [-0.3, -0.25) is 0 Å². The van der Waals surface area contributed by atoms with E-state index in [0.29, 0.717) is 0 Å². The fourth-order valence-electron chi connectivity index (χ4n) is 2.89. The van der Waals surface area contributed by atoms with Crippen molar-refractivity contribution in [2.75, 3.05) is 33.2 Å². The van der Waals surface area contributed by atoms with Gasteiger partial charge in [0.15, 0.2) is 0 Å². The molecule has 1 aliphatic heterocycles. The van der Waals surface area contributed by atoms with E-state index in [1.165, 1.54) is 58.3 Å². The van der Waals surface area contributed by atoms with Crippen molar-refractivity contribution in [2.24, 2.45) is 5.92 Å². The number of rotatable bonds is 7. The number of piperidine rings is 1. The highest BCUT2D eigenvalue weighted by Crippen LogP contribution is 2.16. The Labute approximate surface area is 108 Å². The van der Waals surface area contributed by atoms with E-state index in [1.807, 2.05) is 0 Å². The Morgan fingerprint density at radius 2 is 1.82 bits per heavy atom. The number of hydrogen-bond donors (Lipinski definition) is 0. The molecule has 0 spiro atoms. The second-order valence-corrected chi connectivity index (χ2v) is 6.11. The molecule has 1 fully saturated rings. The van der Waals surface area contributed by atoms with Gasteiger partial charge in [0.2, 0.25) is 0 Å². The summed E-state index contributed by atoms with van der Waals surface area (Å²) in [7, 11) is 2.30. The topological polar surface area (TPSA) is 6.48 Å². The molecule has 0 atom stereocenters. The maximum Gasteiger partial charge on any atom is 0.0117 e. The minimum atomic E-state index is 0.794. The van der Waals surface area contributed by atoms with Crippen LogP contribution in [0.1, 0.15) is 52.9 Å². The lowest BCUT2D eigenvalue weighted by atomic mass is 10.0. The summed E-state index contributed by atoms with van der Waals surface area (Å²) in [6, 6.07) is 0.833. The molecule has 1 rings (SSSR count). The van der Waals surface area contributed by atoms with Gasteiger partial charge in [-0.1, -0.05) is 33.6 Å². The average Bonchev–Trinajstić information content (AvgIpc) is 2.29. The lowest BCUT2D eigenvalue weighted by molar-refractivity contribution is 0.118. The molecule has 0 unspecified atom stereocenters. The van der Waals surface area contributed by atoms with Crippen LogP contribution in [-0.4, -0.2) is 49.1 Å². The van der Waals surface area contributed by atoms with Crippen molar-refractivity contribution in [3.05, 3.63) is 0 Å². The Balaban J connectivity index is 2.16. The molecule has 0 aromatic heterocycles. The highest BCUT2D eigenvalue weighted by molar-refractivity contribution is 4.78. The predicted molar refractivity (Wildman–Crippen MR) is 76.5 cm³/mol. The Hall–Kier alpha value is -0.0800. The van der Waals surface area contributed by atoms with Crippen molar-refractivity contribution in [2.45, 2.75) is 58.9 Å². The maximum absolute atomic E-state index is 2.66. The van der Waals surface area contributed by atoms with Crippen molar-refractivity contribution >= 4 is 0 Å². The van der Waals surface area contributed by atoms with E-state index in [1.54, 1.807) is 0 Å². The van der Waals surface area contributed by atoms with Crippen LogP contribution in [0.15, 0.2) is 0 Å². The summed E-state index contributed by atoms with van der Waals surface area (Å²) in [4.78, 5) is 5.24. The van der Waals surface area contributed by atoms with Gasteiger partial charge in [0.25, 0.3) is 0 Å². The van der Waals surface area contributed by atoms with E-state index in [4.69, 9.17) is 0 Å². The first kappa shape index (κ1) is 15.0. The fourth-order valence-corrected chi connectivity index (χ4v) is 2.89. The molecule has 102 valence electrons. The summed E-state index contributed by atoms with van der Waals surface area (Å²) in [6.45, 7) is 12.1. The summed E-state index contributed by atoms with van der Waals surface area (Å²) in [5.74, 6) is 0.794. The van der Waals surface area contributed by atoms with Crippen molar-refractivity contribution in [3.8, 4) is 0 Å². The van der Waals surface area contributed by atoms with Gasteiger partial charge in [0.05, 0.1) is 0 Å². The van der Waals surface area contributed by atoms with E-state index >= 15 is 0 Å². The summed E-state index contributed by atoms with van der Waals surface area (Å²) in [6.07, 6.45) is 6.87. The molecule has 1 heterocycles. The van der Waals surface area contributed by atoms with E-state index in [0.717, 1.165) is 12.0 Å². The molecule has 0 N–H and O–H groups in total. The number of nitrogens with zero attached hydrogens (tertiary/aromatic N) is 2. The monoisotopic (exact) mass is 240 g/mol. The van der Waals surface area contributed by atoms with Crippen LogP contribution >= 0.6 is 0 Å². The van der Waals surface area contributed by atoms with Gasteiger partial charge in [-0.05, 0) is 51.9 Å².